The van der Waals surface area contributed by atoms with E-state index in [4.69, 9.17) is 22.9 Å². The van der Waals surface area contributed by atoms with Gasteiger partial charge in [-0.1, -0.05) is 24.3 Å². The van der Waals surface area contributed by atoms with Gasteiger partial charge >= 0.3 is 0 Å². The fourth-order valence-corrected chi connectivity index (χ4v) is 16.7. The van der Waals surface area contributed by atoms with Crippen molar-refractivity contribution in [2.24, 2.45) is 22.9 Å². The van der Waals surface area contributed by atoms with Gasteiger partial charge in [0.15, 0.2) is 0 Å². The predicted molar refractivity (Wildman–Crippen MR) is 480 cm³/mol. The van der Waals surface area contributed by atoms with E-state index in [2.05, 4.69) is 129 Å². The fourth-order valence-electron chi connectivity index (χ4n) is 16.7. The van der Waals surface area contributed by atoms with E-state index >= 15 is 0 Å². The molecule has 4 aromatic carbocycles. The first-order valence-electron chi connectivity index (χ1n) is 42.1. The van der Waals surface area contributed by atoms with Crippen molar-refractivity contribution in [1.29, 1.82) is 0 Å². The lowest BCUT2D eigenvalue weighted by atomic mass is 9.99. The Kier molecular flexibility index (Phi) is 25.1. The molecule has 0 radical (unpaired) electrons. The molecule has 12 N–H and O–H groups in total. The summed E-state index contributed by atoms with van der Waals surface area (Å²) in [5, 5.41) is 31.0. The van der Waals surface area contributed by atoms with Crippen LogP contribution in [0.1, 0.15) is 79.1 Å². The van der Waals surface area contributed by atoms with Gasteiger partial charge in [-0.3, -0.25) is 19.9 Å². The summed E-state index contributed by atoms with van der Waals surface area (Å²) >= 11 is 0. The first kappa shape index (κ1) is 85.8. The number of benzene rings is 4. The molecule has 12 aromatic heterocycles. The van der Waals surface area contributed by atoms with Crippen LogP contribution in [0, 0.1) is 46.5 Å². The van der Waals surface area contributed by atoms with Gasteiger partial charge in [0.2, 0.25) is 23.8 Å². The van der Waals surface area contributed by atoms with Gasteiger partial charge in [-0.15, -0.1) is 0 Å². The van der Waals surface area contributed by atoms with Crippen LogP contribution in [0.5, 0.6) is 0 Å². The quantitative estimate of drug-likeness (QED) is 0.0417. The maximum absolute atomic E-state index is 14.3. The molecule has 128 heavy (non-hydrogen) atoms. The largest absolute Gasteiger partial charge is 0.366 e. The Labute approximate surface area is 730 Å². The van der Waals surface area contributed by atoms with E-state index in [9.17, 15) is 35.1 Å². The van der Waals surface area contributed by atoms with Crippen LogP contribution in [0.4, 0.5) is 104 Å². The zero-order valence-electron chi connectivity index (χ0n) is 70.2. The molecular formula is C92H92F8N28. The van der Waals surface area contributed by atoms with Crippen LogP contribution in [0.2, 0.25) is 0 Å². The minimum atomic E-state index is -0.670. The average molecular weight is 1740 g/mol. The molecule has 20 rings (SSSR count). The van der Waals surface area contributed by atoms with E-state index in [1.165, 1.54) is 90.9 Å². The van der Waals surface area contributed by atoms with Crippen LogP contribution in [0.3, 0.4) is 0 Å². The van der Waals surface area contributed by atoms with Crippen molar-refractivity contribution in [3.05, 3.63) is 266 Å². The highest BCUT2D eigenvalue weighted by molar-refractivity contribution is 5.79. The zero-order chi connectivity index (χ0) is 89.0. The van der Waals surface area contributed by atoms with Crippen LogP contribution < -0.4 is 63.8 Å². The second-order valence-electron chi connectivity index (χ2n) is 32.4. The summed E-state index contributed by atoms with van der Waals surface area (Å²) in [6.07, 6.45) is 28.5. The number of imidazole rings is 4. The number of pyridine rings is 4. The SMILES string of the molecule is C[C@@H]1CC[C@@H](N)CN1c1ccncc1Nc1ncc2ccc(-c3c(F)cccc3F)nn12.C[C@@H]1CC[C@H](N)CN1c1ccncc1Nc1ncc2ccc(-c3c(F)cccc3F)nn12.C[C@H]1CC[C@@H](N)CN1c1ccncc1Nc1ncc2ccc(-c3c(F)cccc3F)nn12.C[C@H]1CC[C@H](N)CN1c1ccncc1Nc1ncc2ccc(-c3c(F)cccc3F)nn12. The third kappa shape index (κ3) is 18.3. The van der Waals surface area contributed by atoms with E-state index in [0.717, 1.165) is 123 Å². The summed E-state index contributed by atoms with van der Waals surface area (Å²) in [7, 11) is 0. The monoisotopic (exact) mass is 1740 g/mol. The van der Waals surface area contributed by atoms with E-state index in [-0.39, 0.29) is 69.2 Å². The Morgan fingerprint density at radius 1 is 0.266 bits per heavy atom. The summed E-state index contributed by atoms with van der Waals surface area (Å²) in [4.78, 5) is 43.8. The summed E-state index contributed by atoms with van der Waals surface area (Å²) in [5.41, 5.74) is 34.5. The van der Waals surface area contributed by atoms with E-state index in [1.807, 2.05) is 24.3 Å². The molecule has 0 bridgehead atoms. The number of piperidine rings is 4. The van der Waals surface area contributed by atoms with Crippen molar-refractivity contribution < 1.29 is 35.1 Å². The smallest absolute Gasteiger partial charge is 0.229 e. The van der Waals surface area contributed by atoms with Crippen LogP contribution in [-0.4, -0.2) is 153 Å². The third-order valence-electron chi connectivity index (χ3n) is 23.5. The Balaban J connectivity index is 0.000000120. The van der Waals surface area contributed by atoms with Gasteiger partial charge < -0.3 is 63.8 Å². The molecule has 4 aliphatic rings. The van der Waals surface area contributed by atoms with Crippen molar-refractivity contribution in [1.82, 2.24) is 78.3 Å². The molecule has 28 nitrogen and oxygen atoms in total. The Morgan fingerprint density at radius 3 is 0.672 bits per heavy atom. The minimum Gasteiger partial charge on any atom is -0.366 e. The van der Waals surface area contributed by atoms with Gasteiger partial charge in [0.1, 0.15) is 46.5 Å². The van der Waals surface area contributed by atoms with Gasteiger partial charge in [-0.25, -0.2) is 55.1 Å². The van der Waals surface area contributed by atoms with Gasteiger partial charge in [-0.05, 0) is 200 Å². The molecule has 0 amide bonds. The molecule has 0 unspecified atom stereocenters. The number of nitrogens with two attached hydrogens (primary N) is 4. The first-order valence-corrected chi connectivity index (χ1v) is 42.1. The van der Waals surface area contributed by atoms with E-state index in [0.29, 0.717) is 70.0 Å². The molecule has 4 fully saturated rings. The molecule has 0 aliphatic carbocycles. The first-order chi connectivity index (χ1) is 62.0. The highest BCUT2D eigenvalue weighted by Crippen LogP contribution is 2.40. The van der Waals surface area contributed by atoms with Crippen LogP contribution in [0.15, 0.2) is 220 Å². The summed E-state index contributed by atoms with van der Waals surface area (Å²) in [6.45, 7) is 11.7. The molecule has 36 heteroatoms. The molecule has 4 saturated heterocycles. The summed E-state index contributed by atoms with van der Waals surface area (Å²) < 4.78 is 120. The standard InChI is InChI=1S/4C23H23F2N7/c4*1-14-5-6-15(26)13-31(14)21-9-10-27-12-20(21)29-23-28-11-16-7-8-19(30-32(16)23)22-17(24)3-2-4-18(22)25/h4*2-4,7-12,14-15H,5-6,13,26H2,1H3,(H,28,29)/t2*14-,15+;2*14-,15-/m1010/s1. The lowest BCUT2D eigenvalue weighted by Crippen LogP contribution is -2.47. The minimum absolute atomic E-state index is 0.111. The molecule has 656 valence electrons. The van der Waals surface area contributed by atoms with Crippen LogP contribution in [0.25, 0.3) is 67.1 Å². The van der Waals surface area contributed by atoms with Gasteiger partial charge in [0.25, 0.3) is 0 Å². The highest BCUT2D eigenvalue weighted by atomic mass is 19.2. The van der Waals surface area contributed by atoms with E-state index in [1.54, 1.807) is 123 Å². The Morgan fingerprint density at radius 2 is 0.469 bits per heavy atom. The molecule has 8 atom stereocenters. The Hall–Kier alpha value is -14.4. The predicted octanol–water partition coefficient (Wildman–Crippen LogP) is 16.5. The van der Waals surface area contributed by atoms with E-state index < -0.39 is 46.5 Å². The number of hydrogen-bond donors (Lipinski definition) is 8. The van der Waals surface area contributed by atoms with Crippen LogP contribution >= 0.6 is 0 Å². The van der Waals surface area contributed by atoms with Crippen molar-refractivity contribution in [2.45, 2.75) is 127 Å². The number of nitrogens with zero attached hydrogens (tertiary/aromatic N) is 20. The topological polar surface area (TPSA) is 337 Å². The normalized spacial score (nSPS) is 18.8. The van der Waals surface area contributed by atoms with Gasteiger partial charge in [0, 0.05) is 99.3 Å². The number of aromatic nitrogens is 16. The van der Waals surface area contributed by atoms with Crippen molar-refractivity contribution in [3.8, 4) is 45.0 Å². The Bertz CT molecular complexity index is 5800. The molecule has 16 aromatic rings. The number of nitrogens with one attached hydrogen (secondary N) is 4. The van der Waals surface area contributed by atoms with Crippen molar-refractivity contribution in [3.63, 3.8) is 0 Å². The maximum Gasteiger partial charge on any atom is 0.229 e. The van der Waals surface area contributed by atoms with Gasteiger partial charge in [0.05, 0.1) is 162 Å². The second-order valence-corrected chi connectivity index (χ2v) is 32.4. The van der Waals surface area contributed by atoms with Crippen LogP contribution in [-0.2, 0) is 0 Å². The molecule has 0 spiro atoms. The molecule has 4 aliphatic heterocycles. The van der Waals surface area contributed by atoms with Crippen molar-refractivity contribution >= 4 is 91.4 Å². The molecular weight excluding hydrogens is 1650 g/mol. The summed E-state index contributed by atoms with van der Waals surface area (Å²) in [5.74, 6) is -3.69. The lowest BCUT2D eigenvalue weighted by Gasteiger charge is -2.39. The summed E-state index contributed by atoms with van der Waals surface area (Å²) in [6, 6.07) is 37.8. The third-order valence-corrected chi connectivity index (χ3v) is 23.5. The number of hydrogen-bond acceptors (Lipinski definition) is 24. The average Bonchev–Trinajstić information content (AvgIpc) is 1.60. The van der Waals surface area contributed by atoms with Crippen molar-refractivity contribution in [2.75, 3.05) is 67.0 Å². The number of fused-ring (bicyclic) bond motifs is 4. The molecule has 16 heterocycles. The zero-order valence-corrected chi connectivity index (χ0v) is 70.2. The number of halogens is 8. The lowest BCUT2D eigenvalue weighted by molar-refractivity contribution is 0.437. The molecule has 0 saturated carbocycles. The second kappa shape index (κ2) is 37.4. The van der Waals surface area contributed by atoms with Gasteiger partial charge in [-0.2, -0.15) is 38.5 Å². The number of anilines is 12. The highest BCUT2D eigenvalue weighted by Gasteiger charge is 2.32. The number of rotatable bonds is 16. The maximum atomic E-state index is 14.3. The fraction of sp³-hybridized carbons (Fsp3) is 0.261.